The number of rotatable bonds is 6. The molecule has 0 atom stereocenters. The zero-order valence-corrected chi connectivity index (χ0v) is 11.3. The minimum Gasteiger partial charge on any atom is -0.395 e. The Kier molecular flexibility index (Phi) is 5.09. The van der Waals surface area contributed by atoms with Gasteiger partial charge in [0.1, 0.15) is 5.82 Å². The van der Waals surface area contributed by atoms with E-state index < -0.39 is 12.0 Å². The normalized spacial score (nSPS) is 12.1. The van der Waals surface area contributed by atoms with E-state index in [0.717, 1.165) is 5.56 Å². The Morgan fingerprint density at radius 1 is 1.14 bits per heavy atom. The lowest BCUT2D eigenvalue weighted by molar-refractivity contribution is -0.146. The summed E-state index contributed by atoms with van der Waals surface area (Å²) in [6.45, 7) is 0.244. The van der Waals surface area contributed by atoms with Gasteiger partial charge in [0.2, 0.25) is 5.89 Å². The number of nitrogens with zero attached hydrogens (tertiary/aromatic N) is 3. The lowest BCUT2D eigenvalue weighted by atomic mass is 10.2. The third kappa shape index (κ3) is 4.50. The van der Waals surface area contributed by atoms with Crippen LogP contribution in [0.4, 0.5) is 17.6 Å². The summed E-state index contributed by atoms with van der Waals surface area (Å²) in [5.74, 6) is -1.93. The van der Waals surface area contributed by atoms with Gasteiger partial charge in [0.05, 0.1) is 13.2 Å². The van der Waals surface area contributed by atoms with Gasteiger partial charge in [-0.25, -0.2) is 4.39 Å². The third-order valence-electron chi connectivity index (χ3n) is 2.82. The quantitative estimate of drug-likeness (QED) is 0.827. The lowest BCUT2D eigenvalue weighted by Gasteiger charge is -2.19. The Bertz CT molecular complexity index is 598. The first-order valence-electron chi connectivity index (χ1n) is 6.36. The fourth-order valence-corrected chi connectivity index (χ4v) is 1.83. The molecule has 1 aromatic carbocycles. The van der Waals surface area contributed by atoms with Crippen LogP contribution in [0.1, 0.15) is 17.3 Å². The van der Waals surface area contributed by atoms with E-state index in [9.17, 15) is 17.6 Å². The van der Waals surface area contributed by atoms with Crippen molar-refractivity contribution in [1.82, 2.24) is 15.0 Å². The maximum absolute atomic E-state index is 12.8. The summed E-state index contributed by atoms with van der Waals surface area (Å²) in [5.41, 5.74) is 0.741. The highest BCUT2D eigenvalue weighted by Gasteiger charge is 2.37. The molecule has 2 rings (SSSR count). The maximum atomic E-state index is 12.8. The van der Waals surface area contributed by atoms with Crippen molar-refractivity contribution in [3.63, 3.8) is 0 Å². The molecule has 0 saturated heterocycles. The monoisotopic (exact) mass is 319 g/mol. The molecule has 22 heavy (non-hydrogen) atoms. The van der Waals surface area contributed by atoms with E-state index in [1.807, 2.05) is 0 Å². The molecule has 0 saturated carbocycles. The summed E-state index contributed by atoms with van der Waals surface area (Å²) >= 11 is 0. The highest BCUT2D eigenvalue weighted by Crippen LogP contribution is 2.26. The van der Waals surface area contributed by atoms with E-state index in [4.69, 9.17) is 5.11 Å². The van der Waals surface area contributed by atoms with Crippen molar-refractivity contribution in [2.75, 3.05) is 13.2 Å². The topological polar surface area (TPSA) is 62.4 Å². The minimum atomic E-state index is -4.67. The minimum absolute atomic E-state index is 0.0545. The molecular formula is C13H13F4N3O2. The summed E-state index contributed by atoms with van der Waals surface area (Å²) in [5, 5.41) is 11.9. The molecule has 0 aliphatic carbocycles. The van der Waals surface area contributed by atoms with E-state index in [-0.39, 0.29) is 31.4 Å². The van der Waals surface area contributed by atoms with Gasteiger partial charge >= 0.3 is 6.18 Å². The first-order chi connectivity index (χ1) is 10.4. The molecule has 0 bridgehead atoms. The number of alkyl halides is 3. The molecule has 0 unspecified atom stereocenters. The van der Waals surface area contributed by atoms with Crippen molar-refractivity contribution in [1.29, 1.82) is 0 Å². The Morgan fingerprint density at radius 3 is 2.36 bits per heavy atom. The molecule has 5 nitrogen and oxygen atoms in total. The van der Waals surface area contributed by atoms with Gasteiger partial charge in [0.15, 0.2) is 0 Å². The van der Waals surface area contributed by atoms with Gasteiger partial charge in [-0.05, 0) is 17.7 Å². The van der Waals surface area contributed by atoms with E-state index in [1.54, 1.807) is 17.0 Å². The summed E-state index contributed by atoms with van der Waals surface area (Å²) in [7, 11) is 0. The Labute approximate surface area is 123 Å². The highest BCUT2D eigenvalue weighted by atomic mass is 19.4. The second-order valence-electron chi connectivity index (χ2n) is 4.57. The fraction of sp³-hybridized carbons (Fsp3) is 0.385. The van der Waals surface area contributed by atoms with Crippen LogP contribution in [0.2, 0.25) is 0 Å². The Balaban J connectivity index is 2.05. The standard InChI is InChI=1S/C13H13F4N3O2/c14-10-3-1-9(2-4-10)7-20(5-6-21)8-11-18-12(19-22-11)13(15,16)17/h1-4,21H,5-8H2. The van der Waals surface area contributed by atoms with Crippen LogP contribution in [0.15, 0.2) is 28.8 Å². The number of hydrogen-bond acceptors (Lipinski definition) is 5. The molecule has 0 fully saturated rings. The fourth-order valence-electron chi connectivity index (χ4n) is 1.83. The largest absolute Gasteiger partial charge is 0.455 e. The molecule has 1 N–H and O–H groups in total. The zero-order valence-electron chi connectivity index (χ0n) is 11.3. The Hall–Kier alpha value is -2.00. The van der Waals surface area contributed by atoms with Crippen molar-refractivity contribution >= 4 is 0 Å². The van der Waals surface area contributed by atoms with Crippen LogP contribution in [-0.4, -0.2) is 33.3 Å². The van der Waals surface area contributed by atoms with Crippen LogP contribution in [0.3, 0.4) is 0 Å². The van der Waals surface area contributed by atoms with Crippen molar-refractivity contribution in [3.8, 4) is 0 Å². The van der Waals surface area contributed by atoms with Gasteiger partial charge in [-0.1, -0.05) is 17.3 Å². The van der Waals surface area contributed by atoms with E-state index in [1.165, 1.54) is 12.1 Å². The molecule has 1 heterocycles. The average molecular weight is 319 g/mol. The highest BCUT2D eigenvalue weighted by molar-refractivity contribution is 5.15. The number of aliphatic hydroxyl groups is 1. The molecule has 0 aliphatic rings. The summed E-state index contributed by atoms with van der Waals surface area (Å²) in [6, 6.07) is 5.66. The van der Waals surface area contributed by atoms with Crippen LogP contribution in [0.25, 0.3) is 0 Å². The predicted molar refractivity (Wildman–Crippen MR) is 66.9 cm³/mol. The van der Waals surface area contributed by atoms with Crippen LogP contribution in [0, 0.1) is 5.82 Å². The Morgan fingerprint density at radius 2 is 1.82 bits per heavy atom. The second kappa shape index (κ2) is 6.84. The van der Waals surface area contributed by atoms with E-state index in [0.29, 0.717) is 6.54 Å². The first-order valence-corrected chi connectivity index (χ1v) is 6.36. The molecule has 9 heteroatoms. The average Bonchev–Trinajstić information content (AvgIpc) is 2.90. The van der Waals surface area contributed by atoms with Crippen LogP contribution in [-0.2, 0) is 19.3 Å². The zero-order chi connectivity index (χ0) is 16.2. The second-order valence-corrected chi connectivity index (χ2v) is 4.57. The molecule has 1 aromatic heterocycles. The van der Waals surface area contributed by atoms with Crippen molar-refractivity contribution in [3.05, 3.63) is 47.4 Å². The van der Waals surface area contributed by atoms with Gasteiger partial charge in [-0.3, -0.25) is 4.90 Å². The van der Waals surface area contributed by atoms with Gasteiger partial charge in [-0.2, -0.15) is 18.2 Å². The van der Waals surface area contributed by atoms with Gasteiger partial charge in [0.25, 0.3) is 5.82 Å². The number of aliphatic hydroxyl groups excluding tert-OH is 1. The van der Waals surface area contributed by atoms with Crippen LogP contribution < -0.4 is 0 Å². The molecule has 2 aromatic rings. The number of hydrogen-bond donors (Lipinski definition) is 1. The van der Waals surface area contributed by atoms with Crippen molar-refractivity contribution in [2.24, 2.45) is 0 Å². The number of halogens is 4. The van der Waals surface area contributed by atoms with Gasteiger partial charge in [-0.15, -0.1) is 0 Å². The molecular weight excluding hydrogens is 306 g/mol. The summed E-state index contributed by atoms with van der Waals surface area (Å²) < 4.78 is 54.6. The SMILES string of the molecule is OCCN(Cc1ccc(F)cc1)Cc1nc(C(F)(F)F)no1. The van der Waals surface area contributed by atoms with Crippen LogP contribution >= 0.6 is 0 Å². The summed E-state index contributed by atoms with van der Waals surface area (Å²) in [6.07, 6.45) is -4.67. The van der Waals surface area contributed by atoms with Crippen molar-refractivity contribution in [2.45, 2.75) is 19.3 Å². The predicted octanol–water partition coefficient (Wildman–Crippen LogP) is 2.22. The third-order valence-corrected chi connectivity index (χ3v) is 2.82. The summed E-state index contributed by atoms with van der Waals surface area (Å²) in [4.78, 5) is 4.89. The van der Waals surface area contributed by atoms with Crippen LogP contribution in [0.5, 0.6) is 0 Å². The molecule has 0 spiro atoms. The first kappa shape index (κ1) is 16.4. The molecule has 120 valence electrons. The smallest absolute Gasteiger partial charge is 0.395 e. The lowest BCUT2D eigenvalue weighted by Crippen LogP contribution is -2.26. The molecule has 0 aliphatic heterocycles. The molecule has 0 radical (unpaired) electrons. The van der Waals surface area contributed by atoms with Gasteiger partial charge < -0.3 is 9.63 Å². The van der Waals surface area contributed by atoms with Crippen molar-refractivity contribution < 1.29 is 27.2 Å². The maximum Gasteiger partial charge on any atom is 0.455 e. The van der Waals surface area contributed by atoms with Gasteiger partial charge in [0, 0.05) is 13.1 Å². The van der Waals surface area contributed by atoms with E-state index >= 15 is 0 Å². The number of benzene rings is 1. The molecule has 0 amide bonds. The van der Waals surface area contributed by atoms with E-state index in [2.05, 4.69) is 14.7 Å². The number of aromatic nitrogens is 2.